The minimum Gasteiger partial charge on any atom is -0.481 e. The highest BCUT2D eigenvalue weighted by molar-refractivity contribution is 7.11. The van der Waals surface area contributed by atoms with Crippen molar-refractivity contribution in [1.29, 1.82) is 0 Å². The van der Waals surface area contributed by atoms with Crippen molar-refractivity contribution in [3.8, 4) is 0 Å². The summed E-state index contributed by atoms with van der Waals surface area (Å²) in [6, 6.07) is 6.54. The van der Waals surface area contributed by atoms with Gasteiger partial charge in [-0.15, -0.1) is 10.2 Å². The molecule has 4 nitrogen and oxygen atoms in total. The standard InChI is InChI=1S/C12H8ClF3N2O2S/c13-8-4-2-1-3-6(8)5-7(10(19)20)9-17-18-11(21-9)12(14,15)16/h1-4,7H,5H2,(H,19,20). The van der Waals surface area contributed by atoms with E-state index in [2.05, 4.69) is 10.2 Å². The fourth-order valence-electron chi connectivity index (χ4n) is 1.65. The fraction of sp³-hybridized carbons (Fsp3) is 0.250. The first kappa shape index (κ1) is 15.7. The Balaban J connectivity index is 2.30. The van der Waals surface area contributed by atoms with Crippen LogP contribution in [0.1, 0.15) is 21.5 Å². The average Bonchev–Trinajstić information content (AvgIpc) is 2.86. The summed E-state index contributed by atoms with van der Waals surface area (Å²) in [6.45, 7) is 0. The third-order valence-electron chi connectivity index (χ3n) is 2.66. The Bertz CT molecular complexity index is 660. The third kappa shape index (κ3) is 3.70. The van der Waals surface area contributed by atoms with Crippen LogP contribution in [0.4, 0.5) is 13.2 Å². The van der Waals surface area contributed by atoms with E-state index in [1.165, 1.54) is 0 Å². The Labute approximate surface area is 126 Å². The van der Waals surface area contributed by atoms with Crippen LogP contribution in [0.5, 0.6) is 0 Å². The minimum absolute atomic E-state index is 0.0541. The highest BCUT2D eigenvalue weighted by Gasteiger charge is 2.37. The van der Waals surface area contributed by atoms with Crippen molar-refractivity contribution in [1.82, 2.24) is 10.2 Å². The second-order valence-electron chi connectivity index (χ2n) is 4.13. The van der Waals surface area contributed by atoms with Gasteiger partial charge in [0.05, 0.1) is 0 Å². The zero-order valence-corrected chi connectivity index (χ0v) is 11.8. The number of halogens is 4. The molecule has 0 radical (unpaired) electrons. The van der Waals surface area contributed by atoms with E-state index in [-0.39, 0.29) is 22.8 Å². The van der Waals surface area contributed by atoms with Crippen molar-refractivity contribution in [3.63, 3.8) is 0 Å². The number of rotatable bonds is 4. The third-order valence-corrected chi connectivity index (χ3v) is 4.11. The molecule has 9 heteroatoms. The van der Waals surface area contributed by atoms with Crippen molar-refractivity contribution in [3.05, 3.63) is 44.9 Å². The van der Waals surface area contributed by atoms with Crippen LogP contribution in [-0.2, 0) is 17.4 Å². The van der Waals surface area contributed by atoms with E-state index in [9.17, 15) is 23.1 Å². The molecule has 0 saturated heterocycles. The highest BCUT2D eigenvalue weighted by atomic mass is 35.5. The maximum absolute atomic E-state index is 12.5. The fourth-order valence-corrected chi connectivity index (χ4v) is 2.67. The lowest BCUT2D eigenvalue weighted by Gasteiger charge is -2.10. The van der Waals surface area contributed by atoms with Gasteiger partial charge in [-0.3, -0.25) is 4.79 Å². The van der Waals surface area contributed by atoms with Gasteiger partial charge < -0.3 is 5.11 Å². The van der Waals surface area contributed by atoms with Crippen LogP contribution in [0.25, 0.3) is 0 Å². The van der Waals surface area contributed by atoms with Gasteiger partial charge >= 0.3 is 12.1 Å². The Morgan fingerprint density at radius 1 is 1.33 bits per heavy atom. The van der Waals surface area contributed by atoms with Crippen LogP contribution in [0.15, 0.2) is 24.3 Å². The summed E-state index contributed by atoms with van der Waals surface area (Å²) in [5, 5.41) is 14.6. The first-order chi connectivity index (χ1) is 9.79. The number of carbonyl (C=O) groups is 1. The molecular formula is C12H8ClF3N2O2S. The van der Waals surface area contributed by atoms with E-state index >= 15 is 0 Å². The van der Waals surface area contributed by atoms with E-state index in [4.69, 9.17) is 11.6 Å². The summed E-state index contributed by atoms with van der Waals surface area (Å²) >= 11 is 6.16. The van der Waals surface area contributed by atoms with Crippen LogP contribution >= 0.6 is 22.9 Å². The zero-order chi connectivity index (χ0) is 15.6. The van der Waals surface area contributed by atoms with Gasteiger partial charge in [0.25, 0.3) is 0 Å². The number of aromatic nitrogens is 2. The Morgan fingerprint density at radius 2 is 2.00 bits per heavy atom. The number of carboxylic acid groups (broad SMARTS) is 1. The molecule has 0 aliphatic carbocycles. The molecule has 1 atom stereocenters. The molecule has 1 aromatic carbocycles. The largest absolute Gasteiger partial charge is 0.481 e. The summed E-state index contributed by atoms with van der Waals surface area (Å²) in [4.78, 5) is 11.3. The van der Waals surface area contributed by atoms with E-state index in [0.717, 1.165) is 0 Å². The Morgan fingerprint density at radius 3 is 2.52 bits per heavy atom. The normalized spacial score (nSPS) is 13.1. The Kier molecular flexibility index (Phi) is 4.48. The lowest BCUT2D eigenvalue weighted by molar-refractivity contribution is -0.139. The summed E-state index contributed by atoms with van der Waals surface area (Å²) < 4.78 is 37.5. The average molecular weight is 337 g/mol. The van der Waals surface area contributed by atoms with Gasteiger partial charge in [0.1, 0.15) is 10.9 Å². The zero-order valence-electron chi connectivity index (χ0n) is 10.3. The van der Waals surface area contributed by atoms with Crippen molar-refractivity contribution in [2.75, 3.05) is 0 Å². The van der Waals surface area contributed by atoms with Crippen molar-refractivity contribution < 1.29 is 23.1 Å². The number of benzene rings is 1. The molecule has 2 rings (SSSR count). The molecule has 1 N–H and O–H groups in total. The minimum atomic E-state index is -4.64. The molecule has 0 aliphatic rings. The lowest BCUT2D eigenvalue weighted by Crippen LogP contribution is -2.14. The second kappa shape index (κ2) is 5.98. The first-order valence-electron chi connectivity index (χ1n) is 5.66. The molecule has 0 spiro atoms. The molecule has 0 saturated carbocycles. The monoisotopic (exact) mass is 336 g/mol. The predicted molar refractivity (Wildman–Crippen MR) is 70.4 cm³/mol. The molecule has 1 aromatic heterocycles. The summed E-state index contributed by atoms with van der Waals surface area (Å²) in [6.07, 6.45) is -4.69. The van der Waals surface area contributed by atoms with Gasteiger partial charge in [-0.25, -0.2) is 0 Å². The molecular weight excluding hydrogens is 329 g/mol. The molecule has 0 aliphatic heterocycles. The SMILES string of the molecule is O=C(O)C(Cc1ccccc1Cl)c1nnc(C(F)(F)F)s1. The van der Waals surface area contributed by atoms with Crippen LogP contribution in [0, 0.1) is 0 Å². The quantitative estimate of drug-likeness (QED) is 0.926. The molecule has 112 valence electrons. The maximum Gasteiger partial charge on any atom is 0.445 e. The van der Waals surface area contributed by atoms with Gasteiger partial charge in [-0.2, -0.15) is 13.2 Å². The molecule has 0 fully saturated rings. The maximum atomic E-state index is 12.5. The van der Waals surface area contributed by atoms with Gasteiger partial charge in [-0.1, -0.05) is 41.1 Å². The van der Waals surface area contributed by atoms with E-state index < -0.39 is 23.1 Å². The van der Waals surface area contributed by atoms with E-state index in [1.807, 2.05) is 0 Å². The van der Waals surface area contributed by atoms with Gasteiger partial charge in [0.15, 0.2) is 0 Å². The number of hydrogen-bond acceptors (Lipinski definition) is 4. The number of carboxylic acids is 1. The van der Waals surface area contributed by atoms with Gasteiger partial charge in [-0.05, 0) is 18.1 Å². The number of aliphatic carboxylic acids is 1. The highest BCUT2D eigenvalue weighted by Crippen LogP contribution is 2.35. The predicted octanol–water partition coefficient (Wildman–Crippen LogP) is 3.62. The molecule has 1 heterocycles. The van der Waals surface area contributed by atoms with Crippen LogP contribution in [-0.4, -0.2) is 21.3 Å². The number of hydrogen-bond donors (Lipinski definition) is 1. The van der Waals surface area contributed by atoms with Gasteiger partial charge in [0.2, 0.25) is 5.01 Å². The summed E-state index contributed by atoms with van der Waals surface area (Å²) in [7, 11) is 0. The molecule has 21 heavy (non-hydrogen) atoms. The topological polar surface area (TPSA) is 63.1 Å². The number of alkyl halides is 3. The number of nitrogens with zero attached hydrogens (tertiary/aromatic N) is 2. The van der Waals surface area contributed by atoms with Crippen molar-refractivity contribution in [2.24, 2.45) is 0 Å². The van der Waals surface area contributed by atoms with Crippen LogP contribution in [0.3, 0.4) is 0 Å². The van der Waals surface area contributed by atoms with E-state index in [1.54, 1.807) is 24.3 Å². The van der Waals surface area contributed by atoms with Crippen molar-refractivity contribution in [2.45, 2.75) is 18.5 Å². The lowest BCUT2D eigenvalue weighted by atomic mass is 10.00. The molecule has 0 bridgehead atoms. The smallest absolute Gasteiger partial charge is 0.445 e. The van der Waals surface area contributed by atoms with Crippen molar-refractivity contribution >= 4 is 28.9 Å². The summed E-state index contributed by atoms with van der Waals surface area (Å²) in [5.41, 5.74) is 0.523. The molecule has 2 aromatic rings. The first-order valence-corrected chi connectivity index (χ1v) is 6.85. The second-order valence-corrected chi connectivity index (χ2v) is 5.55. The molecule has 1 unspecified atom stereocenters. The van der Waals surface area contributed by atoms with Gasteiger partial charge in [0, 0.05) is 5.02 Å². The Hall–Kier alpha value is -1.67. The van der Waals surface area contributed by atoms with E-state index in [0.29, 0.717) is 10.6 Å². The van der Waals surface area contributed by atoms with Crippen LogP contribution < -0.4 is 0 Å². The van der Waals surface area contributed by atoms with Crippen LogP contribution in [0.2, 0.25) is 5.02 Å². The summed E-state index contributed by atoms with van der Waals surface area (Å²) in [5.74, 6) is -2.50. The molecule has 0 amide bonds.